The Morgan fingerprint density at radius 1 is 1.12 bits per heavy atom. The van der Waals surface area contributed by atoms with Crippen LogP contribution in [0.4, 0.5) is 5.69 Å². The highest BCUT2D eigenvalue weighted by molar-refractivity contribution is 8.26. The number of piperidine rings is 1. The fourth-order valence-electron chi connectivity index (χ4n) is 5.09. The molecule has 1 amide bonds. The summed E-state index contributed by atoms with van der Waals surface area (Å²) in [4.78, 5) is 29.0. The van der Waals surface area contributed by atoms with Crippen molar-refractivity contribution in [1.82, 2.24) is 4.90 Å². The lowest BCUT2D eigenvalue weighted by atomic mass is 9.75. The molecule has 0 spiro atoms. The van der Waals surface area contributed by atoms with Gasteiger partial charge in [0.15, 0.2) is 5.75 Å². The van der Waals surface area contributed by atoms with Gasteiger partial charge in [0.05, 0.1) is 11.4 Å². The predicted molar refractivity (Wildman–Crippen MR) is 134 cm³/mol. The van der Waals surface area contributed by atoms with Gasteiger partial charge in [0.1, 0.15) is 16.3 Å². The van der Waals surface area contributed by atoms with Crippen molar-refractivity contribution in [2.45, 2.75) is 38.6 Å². The fraction of sp³-hybridized carbons (Fsp3) is 0.400. The van der Waals surface area contributed by atoms with Gasteiger partial charge in [-0.05, 0) is 48.4 Å². The number of hydrogen-bond acceptors (Lipinski definition) is 7. The van der Waals surface area contributed by atoms with E-state index in [4.69, 9.17) is 16.6 Å². The normalized spacial score (nSPS) is 24.4. The second-order valence-electron chi connectivity index (χ2n) is 8.99. The van der Waals surface area contributed by atoms with E-state index in [1.165, 1.54) is 60.5 Å². The van der Waals surface area contributed by atoms with E-state index in [-0.39, 0.29) is 18.2 Å². The summed E-state index contributed by atoms with van der Waals surface area (Å²) in [5, 5.41) is 9.34. The molecular formula is C25H26N2O4S2. The molecule has 5 rings (SSSR count). The number of benzene rings is 1. The number of hydrogen-bond donors (Lipinski definition) is 1. The number of carbonyl (C=O) groups excluding carboxylic acids is 1. The molecule has 1 saturated carbocycles. The van der Waals surface area contributed by atoms with Gasteiger partial charge in [0.25, 0.3) is 5.91 Å². The molecule has 6 nitrogen and oxygen atoms in total. The third kappa shape index (κ3) is 4.73. The number of thiocarbonyl (C=S) groups is 1. The monoisotopic (exact) mass is 482 g/mol. The van der Waals surface area contributed by atoms with Crippen molar-refractivity contribution in [1.29, 1.82) is 0 Å². The molecule has 2 aromatic rings. The van der Waals surface area contributed by atoms with Crippen LogP contribution in [0.1, 0.15) is 43.4 Å². The van der Waals surface area contributed by atoms with Gasteiger partial charge in [-0.15, -0.1) is 0 Å². The Labute approximate surface area is 202 Å². The van der Waals surface area contributed by atoms with E-state index in [0.717, 1.165) is 36.8 Å². The summed E-state index contributed by atoms with van der Waals surface area (Å²) in [5.74, 6) is 1.32. The van der Waals surface area contributed by atoms with Crippen molar-refractivity contribution in [3.8, 4) is 5.75 Å². The van der Waals surface area contributed by atoms with Gasteiger partial charge in [-0.1, -0.05) is 55.4 Å². The second-order valence-corrected chi connectivity index (χ2v) is 10.7. The molecule has 1 aliphatic carbocycles. The van der Waals surface area contributed by atoms with Crippen molar-refractivity contribution in [3.05, 3.63) is 63.0 Å². The lowest BCUT2D eigenvalue weighted by Gasteiger charge is -2.42. The van der Waals surface area contributed by atoms with Gasteiger partial charge in [0.2, 0.25) is 5.43 Å². The van der Waals surface area contributed by atoms with Crippen LogP contribution in [0, 0.1) is 11.8 Å². The molecule has 8 heteroatoms. The highest BCUT2D eigenvalue weighted by Crippen LogP contribution is 2.38. The Kier molecular flexibility index (Phi) is 6.29. The molecule has 2 aliphatic heterocycles. The first-order valence-corrected chi connectivity index (χ1v) is 12.6. The summed E-state index contributed by atoms with van der Waals surface area (Å²) in [6, 6.07) is 9.55. The number of nitrogens with zero attached hydrogens (tertiary/aromatic N) is 2. The van der Waals surface area contributed by atoms with Crippen LogP contribution in [0.3, 0.4) is 0 Å². The molecule has 0 radical (unpaired) electrons. The summed E-state index contributed by atoms with van der Waals surface area (Å²) >= 11 is 6.61. The summed E-state index contributed by atoms with van der Waals surface area (Å²) in [5.41, 5.74) is 1.64. The molecule has 1 aromatic carbocycles. The molecule has 3 fully saturated rings. The quantitative estimate of drug-likeness (QED) is 0.497. The van der Waals surface area contributed by atoms with E-state index < -0.39 is 11.2 Å². The van der Waals surface area contributed by atoms with Crippen LogP contribution in [0.2, 0.25) is 0 Å². The third-order valence-corrected chi connectivity index (χ3v) is 8.28. The van der Waals surface area contributed by atoms with Crippen LogP contribution >= 0.6 is 24.0 Å². The first-order valence-electron chi connectivity index (χ1n) is 11.4. The Hall–Kier alpha value is -2.58. The van der Waals surface area contributed by atoms with Crippen molar-refractivity contribution >= 4 is 46.0 Å². The zero-order chi connectivity index (χ0) is 22.9. The number of anilines is 1. The van der Waals surface area contributed by atoms with E-state index in [1.807, 2.05) is 18.2 Å². The Morgan fingerprint density at radius 2 is 1.88 bits per heavy atom. The first kappa shape index (κ1) is 22.2. The maximum Gasteiger partial charge on any atom is 0.266 e. The molecule has 2 unspecified atom stereocenters. The van der Waals surface area contributed by atoms with E-state index in [1.54, 1.807) is 0 Å². The Balaban J connectivity index is 1.26. The topological polar surface area (TPSA) is 74.0 Å². The van der Waals surface area contributed by atoms with Crippen LogP contribution in [-0.2, 0) is 11.3 Å². The Morgan fingerprint density at radius 3 is 2.64 bits per heavy atom. The van der Waals surface area contributed by atoms with Gasteiger partial charge in [-0.2, -0.15) is 0 Å². The van der Waals surface area contributed by atoms with Crippen LogP contribution in [0.5, 0.6) is 5.75 Å². The molecule has 2 saturated heterocycles. The highest BCUT2D eigenvalue weighted by Gasteiger charge is 2.33. The smallest absolute Gasteiger partial charge is 0.266 e. The predicted octanol–water partition coefficient (Wildman–Crippen LogP) is 4.76. The van der Waals surface area contributed by atoms with Crippen LogP contribution < -0.4 is 10.3 Å². The van der Waals surface area contributed by atoms with Crippen molar-refractivity contribution in [3.63, 3.8) is 0 Å². The standard InChI is InChI=1S/C25H26N2O4S2/c28-21-12-20(31-15-22(21)29)14-27-24(30)23(33-25(27)32)11-16-5-7-19(8-6-16)26-10-9-17-3-1-2-4-18(17)13-26/h5-8,11-12,15,17-18,29H,1-4,9-10,13-14H2/b23-11-. The molecule has 172 valence electrons. The van der Waals surface area contributed by atoms with E-state index in [0.29, 0.717) is 9.23 Å². The maximum absolute atomic E-state index is 12.9. The number of carbonyl (C=O) groups is 1. The number of thioether (sulfide) groups is 1. The van der Waals surface area contributed by atoms with Crippen LogP contribution in [0.25, 0.3) is 6.08 Å². The molecule has 1 N–H and O–H groups in total. The fourth-order valence-corrected chi connectivity index (χ4v) is 6.34. The van der Waals surface area contributed by atoms with E-state index >= 15 is 0 Å². The van der Waals surface area contributed by atoms with Crippen LogP contribution in [-0.4, -0.2) is 33.3 Å². The van der Waals surface area contributed by atoms with E-state index in [9.17, 15) is 14.7 Å². The summed E-state index contributed by atoms with van der Waals surface area (Å²) in [6.07, 6.45) is 9.63. The molecular weight excluding hydrogens is 456 g/mol. The van der Waals surface area contributed by atoms with Gasteiger partial charge in [-0.3, -0.25) is 14.5 Å². The number of amides is 1. The summed E-state index contributed by atoms with van der Waals surface area (Å²) < 4.78 is 5.63. The molecule has 0 bridgehead atoms. The van der Waals surface area contributed by atoms with Gasteiger partial charge >= 0.3 is 0 Å². The molecule has 3 heterocycles. The van der Waals surface area contributed by atoms with Crippen molar-refractivity contribution in [2.24, 2.45) is 11.8 Å². The van der Waals surface area contributed by atoms with Gasteiger partial charge < -0.3 is 14.4 Å². The molecule has 3 aliphatic rings. The lowest BCUT2D eigenvalue weighted by Crippen LogP contribution is -2.41. The number of fused-ring (bicyclic) bond motifs is 1. The third-order valence-electron chi connectivity index (χ3n) is 6.90. The highest BCUT2D eigenvalue weighted by atomic mass is 32.2. The maximum atomic E-state index is 12.9. The minimum atomic E-state index is -0.551. The Bertz CT molecular complexity index is 1160. The lowest BCUT2D eigenvalue weighted by molar-refractivity contribution is -0.122. The summed E-state index contributed by atoms with van der Waals surface area (Å²) in [7, 11) is 0. The van der Waals surface area contributed by atoms with E-state index in [2.05, 4.69) is 17.0 Å². The zero-order valence-electron chi connectivity index (χ0n) is 18.2. The van der Waals surface area contributed by atoms with Crippen molar-refractivity contribution < 1.29 is 14.3 Å². The SMILES string of the molecule is O=C1/C(=C/c2ccc(N3CCC4CCCCC4C3)cc2)SC(=S)N1Cc1cc(=O)c(O)co1. The number of aromatic hydroxyl groups is 1. The van der Waals surface area contributed by atoms with Crippen molar-refractivity contribution in [2.75, 3.05) is 18.0 Å². The zero-order valence-corrected chi connectivity index (χ0v) is 19.9. The molecule has 1 aromatic heterocycles. The molecule has 2 atom stereocenters. The average Bonchev–Trinajstić information content (AvgIpc) is 3.09. The molecule has 33 heavy (non-hydrogen) atoms. The average molecular weight is 483 g/mol. The first-order chi connectivity index (χ1) is 16.0. The second kappa shape index (κ2) is 9.35. The van der Waals surface area contributed by atoms with Gasteiger partial charge in [-0.25, -0.2) is 0 Å². The largest absolute Gasteiger partial charge is 0.502 e. The van der Waals surface area contributed by atoms with Gasteiger partial charge in [0, 0.05) is 24.8 Å². The van der Waals surface area contributed by atoms with Crippen LogP contribution in [0.15, 0.2) is 50.7 Å². The minimum absolute atomic E-state index is 0.0492. The minimum Gasteiger partial charge on any atom is -0.502 e. The number of rotatable bonds is 4. The summed E-state index contributed by atoms with van der Waals surface area (Å²) in [6.45, 7) is 2.32.